The molecule has 0 fully saturated rings. The number of aryl methyl sites for hydroxylation is 1. The predicted octanol–water partition coefficient (Wildman–Crippen LogP) is 4.11. The van der Waals surface area contributed by atoms with E-state index in [2.05, 4.69) is 0 Å². The Hall–Kier alpha value is -1.38. The first-order chi connectivity index (χ1) is 8.68. The molecule has 2 aromatic rings. The molecule has 1 atom stereocenters. The summed E-state index contributed by atoms with van der Waals surface area (Å²) in [4.78, 5) is 0. The smallest absolute Gasteiger partial charge is 0.142 e. The maximum atomic E-state index is 13.3. The van der Waals surface area contributed by atoms with Crippen LogP contribution in [-0.2, 0) is 6.42 Å². The fraction of sp³-hybridized carbons (Fsp3) is 0.200. The Labute approximate surface area is 111 Å². The minimum atomic E-state index is -0.373. The van der Waals surface area contributed by atoms with Crippen molar-refractivity contribution >= 4 is 11.6 Å². The molecule has 94 valence electrons. The minimum absolute atomic E-state index is 0.0504. The molecule has 2 aromatic carbocycles. The molecule has 0 saturated heterocycles. The first-order valence-electron chi connectivity index (χ1n) is 5.92. The Kier molecular flexibility index (Phi) is 4.34. The van der Waals surface area contributed by atoms with Crippen LogP contribution in [0.1, 0.15) is 23.6 Å². The van der Waals surface area contributed by atoms with E-state index in [0.717, 1.165) is 17.5 Å². The zero-order valence-electron chi connectivity index (χ0n) is 9.94. The number of nitrogens with two attached hydrogens (primary N) is 1. The summed E-state index contributed by atoms with van der Waals surface area (Å²) in [5.74, 6) is -0.373. The average Bonchev–Trinajstić information content (AvgIpc) is 2.41. The van der Waals surface area contributed by atoms with E-state index in [9.17, 15) is 4.39 Å². The van der Waals surface area contributed by atoms with Gasteiger partial charge < -0.3 is 5.73 Å². The van der Waals surface area contributed by atoms with Crippen LogP contribution in [0.15, 0.2) is 48.5 Å². The van der Waals surface area contributed by atoms with Crippen LogP contribution in [0, 0.1) is 5.82 Å². The highest BCUT2D eigenvalue weighted by atomic mass is 35.5. The first kappa shape index (κ1) is 13.1. The fourth-order valence-corrected chi connectivity index (χ4v) is 2.14. The van der Waals surface area contributed by atoms with Gasteiger partial charge in [0.1, 0.15) is 5.82 Å². The summed E-state index contributed by atoms with van der Waals surface area (Å²) in [5.41, 5.74) is 7.99. The second kappa shape index (κ2) is 5.98. The molecule has 1 unspecified atom stereocenters. The topological polar surface area (TPSA) is 26.0 Å². The summed E-state index contributed by atoms with van der Waals surface area (Å²) < 4.78 is 13.3. The molecule has 3 heteroatoms. The Morgan fingerprint density at radius 3 is 2.50 bits per heavy atom. The second-order valence-electron chi connectivity index (χ2n) is 4.27. The van der Waals surface area contributed by atoms with Crippen LogP contribution < -0.4 is 5.73 Å². The standard InChI is InChI=1S/C15H15ClFN/c16-15-12(7-4-8-13(15)17)9-10-14(18)11-5-2-1-3-6-11/h1-8,14H,9-10,18H2. The Morgan fingerprint density at radius 2 is 1.78 bits per heavy atom. The van der Waals surface area contributed by atoms with Gasteiger partial charge >= 0.3 is 0 Å². The van der Waals surface area contributed by atoms with Gasteiger partial charge in [0, 0.05) is 6.04 Å². The summed E-state index contributed by atoms with van der Waals surface area (Å²) >= 11 is 5.91. The first-order valence-corrected chi connectivity index (χ1v) is 6.29. The van der Waals surface area contributed by atoms with E-state index < -0.39 is 0 Å². The number of halogens is 2. The van der Waals surface area contributed by atoms with Gasteiger partial charge in [-0.25, -0.2) is 4.39 Å². The van der Waals surface area contributed by atoms with Crippen molar-refractivity contribution in [2.24, 2.45) is 5.73 Å². The Balaban J connectivity index is 2.02. The molecule has 0 aromatic heterocycles. The van der Waals surface area contributed by atoms with Gasteiger partial charge in [-0.3, -0.25) is 0 Å². The average molecular weight is 264 g/mol. The monoisotopic (exact) mass is 263 g/mol. The van der Waals surface area contributed by atoms with Crippen molar-refractivity contribution in [3.63, 3.8) is 0 Å². The number of hydrogen-bond acceptors (Lipinski definition) is 1. The molecule has 0 radical (unpaired) electrons. The van der Waals surface area contributed by atoms with Crippen LogP contribution in [0.5, 0.6) is 0 Å². The lowest BCUT2D eigenvalue weighted by molar-refractivity contribution is 0.618. The lowest BCUT2D eigenvalue weighted by Crippen LogP contribution is -2.11. The lowest BCUT2D eigenvalue weighted by atomic mass is 10.00. The molecule has 0 aliphatic carbocycles. The maximum Gasteiger partial charge on any atom is 0.142 e. The third-order valence-electron chi connectivity index (χ3n) is 2.98. The highest BCUT2D eigenvalue weighted by Gasteiger charge is 2.09. The van der Waals surface area contributed by atoms with Crippen molar-refractivity contribution in [2.75, 3.05) is 0 Å². The van der Waals surface area contributed by atoms with E-state index in [4.69, 9.17) is 17.3 Å². The molecule has 0 aliphatic heterocycles. The SMILES string of the molecule is NC(CCc1cccc(F)c1Cl)c1ccccc1. The molecule has 0 bridgehead atoms. The zero-order valence-corrected chi connectivity index (χ0v) is 10.7. The van der Waals surface area contributed by atoms with Crippen molar-refractivity contribution in [1.29, 1.82) is 0 Å². The summed E-state index contributed by atoms with van der Waals surface area (Å²) in [6.45, 7) is 0. The summed E-state index contributed by atoms with van der Waals surface area (Å²) in [5, 5.41) is 0.206. The molecule has 2 rings (SSSR count). The van der Waals surface area contributed by atoms with Crippen molar-refractivity contribution < 1.29 is 4.39 Å². The number of rotatable bonds is 4. The third-order valence-corrected chi connectivity index (χ3v) is 3.41. The molecule has 0 amide bonds. The quantitative estimate of drug-likeness (QED) is 0.883. The predicted molar refractivity (Wildman–Crippen MR) is 73.1 cm³/mol. The van der Waals surface area contributed by atoms with Crippen molar-refractivity contribution in [1.82, 2.24) is 0 Å². The van der Waals surface area contributed by atoms with Crippen LogP contribution in [-0.4, -0.2) is 0 Å². The zero-order chi connectivity index (χ0) is 13.0. The molecule has 2 N–H and O–H groups in total. The van der Waals surface area contributed by atoms with Crippen LogP contribution >= 0.6 is 11.6 Å². The van der Waals surface area contributed by atoms with Gasteiger partial charge in [-0.15, -0.1) is 0 Å². The highest BCUT2D eigenvalue weighted by molar-refractivity contribution is 6.31. The molecule has 1 nitrogen and oxygen atoms in total. The molecule has 0 heterocycles. The molecular weight excluding hydrogens is 249 g/mol. The highest BCUT2D eigenvalue weighted by Crippen LogP contribution is 2.23. The normalized spacial score (nSPS) is 12.4. The maximum absolute atomic E-state index is 13.3. The van der Waals surface area contributed by atoms with E-state index in [0.29, 0.717) is 6.42 Å². The number of benzene rings is 2. The van der Waals surface area contributed by atoms with Gasteiger partial charge in [-0.05, 0) is 30.0 Å². The summed E-state index contributed by atoms with van der Waals surface area (Å²) in [6.07, 6.45) is 1.42. The van der Waals surface area contributed by atoms with Gasteiger partial charge in [0.15, 0.2) is 0 Å². The van der Waals surface area contributed by atoms with Crippen LogP contribution in [0.4, 0.5) is 4.39 Å². The van der Waals surface area contributed by atoms with E-state index in [1.165, 1.54) is 6.07 Å². The Bertz CT molecular complexity index is 513. The van der Waals surface area contributed by atoms with Crippen LogP contribution in [0.3, 0.4) is 0 Å². The number of hydrogen-bond donors (Lipinski definition) is 1. The van der Waals surface area contributed by atoms with Crippen molar-refractivity contribution in [2.45, 2.75) is 18.9 Å². The van der Waals surface area contributed by atoms with Crippen LogP contribution in [0.2, 0.25) is 5.02 Å². The largest absolute Gasteiger partial charge is 0.324 e. The molecule has 0 aliphatic rings. The minimum Gasteiger partial charge on any atom is -0.324 e. The molecular formula is C15H15ClFN. The second-order valence-corrected chi connectivity index (χ2v) is 4.65. The lowest BCUT2D eigenvalue weighted by Gasteiger charge is -2.12. The van der Waals surface area contributed by atoms with Crippen LogP contribution in [0.25, 0.3) is 0 Å². The van der Waals surface area contributed by atoms with E-state index in [1.54, 1.807) is 6.07 Å². The summed E-state index contributed by atoms with van der Waals surface area (Å²) in [6, 6.07) is 14.7. The van der Waals surface area contributed by atoms with Gasteiger partial charge in [0.25, 0.3) is 0 Å². The van der Waals surface area contributed by atoms with Crippen molar-refractivity contribution in [3.05, 3.63) is 70.5 Å². The van der Waals surface area contributed by atoms with Gasteiger partial charge in [-0.2, -0.15) is 0 Å². The molecule has 0 saturated carbocycles. The van der Waals surface area contributed by atoms with E-state index in [-0.39, 0.29) is 16.9 Å². The molecule has 18 heavy (non-hydrogen) atoms. The van der Waals surface area contributed by atoms with E-state index in [1.807, 2.05) is 36.4 Å². The van der Waals surface area contributed by atoms with Gasteiger partial charge in [0.05, 0.1) is 5.02 Å². The fourth-order valence-electron chi connectivity index (χ4n) is 1.92. The Morgan fingerprint density at radius 1 is 1.06 bits per heavy atom. The van der Waals surface area contributed by atoms with Crippen molar-refractivity contribution in [3.8, 4) is 0 Å². The van der Waals surface area contributed by atoms with E-state index >= 15 is 0 Å². The third kappa shape index (κ3) is 3.09. The summed E-state index contributed by atoms with van der Waals surface area (Å²) in [7, 11) is 0. The van der Waals surface area contributed by atoms with Gasteiger partial charge in [-0.1, -0.05) is 54.1 Å². The van der Waals surface area contributed by atoms with Gasteiger partial charge in [0.2, 0.25) is 0 Å². The molecule has 0 spiro atoms.